The average molecular weight is 589 g/mol. The summed E-state index contributed by atoms with van der Waals surface area (Å²) >= 11 is 0. The molecule has 0 bridgehead atoms. The molecule has 0 amide bonds. The van der Waals surface area contributed by atoms with Crippen molar-refractivity contribution in [3.05, 3.63) is 30.0 Å². The zero-order valence-corrected chi connectivity index (χ0v) is 26.9. The van der Waals surface area contributed by atoms with Gasteiger partial charge in [0.1, 0.15) is 5.52 Å². The number of allylic oxidation sites excluding steroid dienone is 2. The van der Waals surface area contributed by atoms with E-state index in [9.17, 15) is 14.7 Å². The maximum atomic E-state index is 14.5. The molecule has 8 nitrogen and oxygen atoms in total. The van der Waals surface area contributed by atoms with Crippen molar-refractivity contribution in [2.45, 2.75) is 112 Å². The summed E-state index contributed by atoms with van der Waals surface area (Å²) in [5.74, 6) is 0.334. The lowest BCUT2D eigenvalue weighted by atomic mass is 9.33. The van der Waals surface area contributed by atoms with Crippen molar-refractivity contribution in [2.75, 3.05) is 0 Å². The first kappa shape index (κ1) is 29.1. The molecule has 9 atom stereocenters. The highest BCUT2D eigenvalue weighted by Gasteiger charge is 2.70. The number of aromatic nitrogens is 4. The number of pyridine rings is 1. The maximum absolute atomic E-state index is 14.5. The zero-order valence-electron chi connectivity index (χ0n) is 26.9. The van der Waals surface area contributed by atoms with Gasteiger partial charge in [-0.05, 0) is 132 Å². The predicted octanol–water partition coefficient (Wildman–Crippen LogP) is 6.12. The molecule has 2 heterocycles. The third kappa shape index (κ3) is 3.74. The van der Waals surface area contributed by atoms with Gasteiger partial charge in [-0.1, -0.05) is 47.1 Å². The van der Waals surface area contributed by atoms with Crippen LogP contribution in [0.25, 0.3) is 11.2 Å². The van der Waals surface area contributed by atoms with Crippen molar-refractivity contribution in [2.24, 2.45) is 50.2 Å². The molecule has 5 aliphatic carbocycles. The van der Waals surface area contributed by atoms with Crippen LogP contribution >= 0.6 is 0 Å². The number of rotatable bonds is 2. The van der Waals surface area contributed by atoms with E-state index in [0.29, 0.717) is 23.5 Å². The Kier molecular flexibility index (Phi) is 6.08. The normalized spacial score (nSPS) is 45.3. The van der Waals surface area contributed by atoms with E-state index in [-0.39, 0.29) is 56.8 Å². The Hall–Kier alpha value is -2.61. The fraction of sp³-hybridized carbons (Fsp3) is 0.743. The molecule has 7 rings (SSSR count). The van der Waals surface area contributed by atoms with Crippen molar-refractivity contribution in [1.82, 2.24) is 20.1 Å². The number of hydrogen-bond acceptors (Lipinski definition) is 7. The Morgan fingerprint density at radius 2 is 1.74 bits per heavy atom. The molecule has 0 saturated heterocycles. The lowest BCUT2D eigenvalue weighted by Gasteiger charge is -2.70. The molecular formula is C35H48N4O4. The lowest BCUT2D eigenvalue weighted by molar-refractivity contribution is -0.202. The third-order valence-electron chi connectivity index (χ3n) is 14.4. The Labute approximate surface area is 255 Å². The first-order valence-electron chi connectivity index (χ1n) is 16.4. The minimum atomic E-state index is -0.718. The number of ketones is 1. The summed E-state index contributed by atoms with van der Waals surface area (Å²) in [6.07, 6.45) is 11.5. The van der Waals surface area contributed by atoms with Crippen LogP contribution in [-0.2, 0) is 9.59 Å². The number of aliphatic hydroxyl groups is 1. The van der Waals surface area contributed by atoms with E-state index in [1.54, 1.807) is 18.3 Å². The highest BCUT2D eigenvalue weighted by atomic mass is 16.7. The topological polar surface area (TPSA) is 107 Å². The molecule has 0 spiro atoms. The highest BCUT2D eigenvalue weighted by Crippen LogP contribution is 2.75. The molecule has 8 heteroatoms. The molecular weight excluding hydrogens is 540 g/mol. The minimum Gasteiger partial charge on any atom is -0.393 e. The summed E-state index contributed by atoms with van der Waals surface area (Å²) in [7, 11) is 0. The van der Waals surface area contributed by atoms with Gasteiger partial charge in [0.25, 0.3) is 0 Å². The highest BCUT2D eigenvalue weighted by molar-refractivity contribution is 5.95. The van der Waals surface area contributed by atoms with Crippen molar-refractivity contribution in [3.63, 3.8) is 0 Å². The second-order valence-corrected chi connectivity index (χ2v) is 16.8. The van der Waals surface area contributed by atoms with Crippen LogP contribution in [0, 0.1) is 50.2 Å². The molecule has 2 aromatic heterocycles. The van der Waals surface area contributed by atoms with Gasteiger partial charge in [-0.25, -0.2) is 9.78 Å². The number of fused-ring (bicyclic) bond motifs is 8. The first-order chi connectivity index (χ1) is 20.1. The molecule has 2 aromatic rings. The van der Waals surface area contributed by atoms with Crippen LogP contribution in [0.5, 0.6) is 0 Å². The zero-order chi connectivity index (χ0) is 30.8. The van der Waals surface area contributed by atoms with Crippen LogP contribution in [0.3, 0.4) is 0 Å². The van der Waals surface area contributed by atoms with Gasteiger partial charge in [-0.15, -0.1) is 5.10 Å². The van der Waals surface area contributed by atoms with Crippen LogP contribution in [0.2, 0.25) is 0 Å². The van der Waals surface area contributed by atoms with Gasteiger partial charge in [0.15, 0.2) is 5.78 Å². The molecule has 1 N–H and O–H groups in total. The molecule has 4 fully saturated rings. The molecule has 0 aliphatic heterocycles. The van der Waals surface area contributed by atoms with Gasteiger partial charge >= 0.3 is 5.97 Å². The van der Waals surface area contributed by atoms with Crippen molar-refractivity contribution >= 4 is 22.9 Å². The Morgan fingerprint density at radius 1 is 1.00 bits per heavy atom. The quantitative estimate of drug-likeness (QED) is 0.421. The van der Waals surface area contributed by atoms with Crippen molar-refractivity contribution in [1.29, 1.82) is 0 Å². The average Bonchev–Trinajstić information content (AvgIpc) is 3.36. The third-order valence-corrected chi connectivity index (χ3v) is 14.4. The van der Waals surface area contributed by atoms with E-state index in [2.05, 4.69) is 56.8 Å². The van der Waals surface area contributed by atoms with Crippen LogP contribution in [0.4, 0.5) is 0 Å². The number of carbonyl (C=O) groups excluding carboxylic acids is 2. The van der Waals surface area contributed by atoms with Gasteiger partial charge in [-0.3, -0.25) is 4.79 Å². The largest absolute Gasteiger partial charge is 0.393 e. The second kappa shape index (κ2) is 8.98. The molecule has 0 unspecified atom stereocenters. The lowest BCUT2D eigenvalue weighted by Crippen LogP contribution is -2.66. The van der Waals surface area contributed by atoms with E-state index < -0.39 is 5.41 Å². The number of hydrogen-bond donors (Lipinski definition) is 1. The Bertz CT molecular complexity index is 1550. The molecule has 232 valence electrons. The van der Waals surface area contributed by atoms with Crippen molar-refractivity contribution < 1.29 is 19.5 Å². The summed E-state index contributed by atoms with van der Waals surface area (Å²) in [6.45, 7) is 16.0. The summed E-state index contributed by atoms with van der Waals surface area (Å²) in [6, 6.07) is 3.57. The van der Waals surface area contributed by atoms with Gasteiger partial charge in [0.05, 0.1) is 11.5 Å². The molecule has 43 heavy (non-hydrogen) atoms. The fourth-order valence-corrected chi connectivity index (χ4v) is 11.3. The van der Waals surface area contributed by atoms with E-state index in [1.165, 1.54) is 5.57 Å². The second-order valence-electron chi connectivity index (χ2n) is 16.8. The first-order valence-corrected chi connectivity index (χ1v) is 16.4. The molecule has 5 aliphatic rings. The number of carbonyl (C=O) groups is 2. The molecule has 0 radical (unpaired) electrons. The summed E-state index contributed by atoms with van der Waals surface area (Å²) in [5, 5.41) is 19.1. The Morgan fingerprint density at radius 3 is 2.51 bits per heavy atom. The van der Waals surface area contributed by atoms with Crippen LogP contribution < -0.4 is 4.84 Å². The van der Waals surface area contributed by atoms with E-state index in [1.807, 2.05) is 13.0 Å². The van der Waals surface area contributed by atoms with Gasteiger partial charge in [0, 0.05) is 12.1 Å². The standard InChI is InChI=1S/C35H48N4O4/c1-30(2)25-10-13-35(7)27(33(25,5)12-11-26(30)41)24(40)19-21-22-20-32(4,15-14-31(22,3)16-17-34(21,35)6)29(42)43-39-28-23(37-38-39)9-8-18-36-28/h8-9,18-19,22,25-27,41H,10-17,20H2,1-7H3/t22-,25-,26-,27+,31+,32-,33-,34+,35+/m0/s1. The fourth-order valence-electron chi connectivity index (χ4n) is 11.3. The summed E-state index contributed by atoms with van der Waals surface area (Å²) in [4.78, 5) is 39.7. The van der Waals surface area contributed by atoms with Gasteiger partial charge < -0.3 is 9.94 Å². The Balaban J connectivity index is 1.24. The monoisotopic (exact) mass is 588 g/mol. The van der Waals surface area contributed by atoms with E-state index >= 15 is 0 Å². The van der Waals surface area contributed by atoms with Crippen LogP contribution in [0.15, 0.2) is 30.0 Å². The SMILES string of the molecule is CC1(C)[C@@H](O)CC[C@]2(C)[C@H]3C(=O)C=C4[C@@H]5C[C@@](C)(C(=O)On6nnc7cccnc76)CC[C@]5(C)CC[C@@]4(C)[C@]3(C)CC[C@@H]12. The van der Waals surface area contributed by atoms with E-state index in [0.717, 1.165) is 56.2 Å². The summed E-state index contributed by atoms with van der Waals surface area (Å²) in [5.41, 5.74) is 0.947. The predicted molar refractivity (Wildman–Crippen MR) is 162 cm³/mol. The maximum Gasteiger partial charge on any atom is 0.340 e. The van der Waals surface area contributed by atoms with E-state index in [4.69, 9.17) is 4.84 Å². The minimum absolute atomic E-state index is 0.0359. The smallest absolute Gasteiger partial charge is 0.340 e. The van der Waals surface area contributed by atoms with Gasteiger partial charge in [-0.2, -0.15) is 0 Å². The van der Waals surface area contributed by atoms with Gasteiger partial charge in [0.2, 0.25) is 5.65 Å². The number of aliphatic hydroxyl groups excluding tert-OH is 1. The van der Waals surface area contributed by atoms with Crippen molar-refractivity contribution in [3.8, 4) is 0 Å². The molecule has 0 aromatic carbocycles. The van der Waals surface area contributed by atoms with Crippen LogP contribution in [0.1, 0.15) is 106 Å². The molecule has 4 saturated carbocycles. The number of nitrogens with zero attached hydrogens (tertiary/aromatic N) is 4. The summed E-state index contributed by atoms with van der Waals surface area (Å²) < 4.78 is 0. The van der Waals surface area contributed by atoms with Crippen LogP contribution in [-0.4, -0.2) is 43.1 Å².